The first-order valence-electron chi connectivity index (χ1n) is 7.54. The Bertz CT molecular complexity index is 355. The fourth-order valence-corrected chi connectivity index (χ4v) is 3.67. The van der Waals surface area contributed by atoms with Crippen molar-refractivity contribution in [1.29, 1.82) is 0 Å². The normalized spacial score (nSPS) is 36.0. The number of aliphatic carboxylic acids is 1. The van der Waals surface area contributed by atoms with E-state index in [1.165, 1.54) is 0 Å². The van der Waals surface area contributed by atoms with Gasteiger partial charge in [0.2, 0.25) is 5.91 Å². The summed E-state index contributed by atoms with van der Waals surface area (Å²) in [5.41, 5.74) is 0. The summed E-state index contributed by atoms with van der Waals surface area (Å²) in [7, 11) is 0. The molecule has 0 aromatic carbocycles. The first-order valence-corrected chi connectivity index (χ1v) is 7.54. The average molecular weight is 267 g/mol. The van der Waals surface area contributed by atoms with E-state index in [-0.39, 0.29) is 17.9 Å². The van der Waals surface area contributed by atoms with Crippen molar-refractivity contribution in [1.82, 2.24) is 4.90 Å². The highest BCUT2D eigenvalue weighted by atomic mass is 16.4. The van der Waals surface area contributed by atoms with Gasteiger partial charge in [0.05, 0.1) is 11.8 Å². The van der Waals surface area contributed by atoms with Crippen LogP contribution in [-0.4, -0.2) is 34.5 Å². The average Bonchev–Trinajstić information content (AvgIpc) is 2.38. The van der Waals surface area contributed by atoms with Crippen molar-refractivity contribution in [3.63, 3.8) is 0 Å². The summed E-state index contributed by atoms with van der Waals surface area (Å²) in [5.74, 6) is -0.793. The van der Waals surface area contributed by atoms with E-state index < -0.39 is 11.9 Å². The van der Waals surface area contributed by atoms with Crippen molar-refractivity contribution in [2.24, 2.45) is 17.8 Å². The van der Waals surface area contributed by atoms with Crippen LogP contribution in [0.2, 0.25) is 0 Å². The molecule has 1 aliphatic carbocycles. The second kappa shape index (κ2) is 5.93. The van der Waals surface area contributed by atoms with Crippen LogP contribution in [0.5, 0.6) is 0 Å². The van der Waals surface area contributed by atoms with Crippen molar-refractivity contribution in [3.8, 4) is 0 Å². The van der Waals surface area contributed by atoms with Crippen LogP contribution in [-0.2, 0) is 9.59 Å². The van der Waals surface area contributed by atoms with Gasteiger partial charge in [-0.2, -0.15) is 0 Å². The highest BCUT2D eigenvalue weighted by Gasteiger charge is 2.39. The van der Waals surface area contributed by atoms with E-state index in [9.17, 15) is 14.7 Å². The smallest absolute Gasteiger partial charge is 0.307 e. The van der Waals surface area contributed by atoms with E-state index in [0.29, 0.717) is 12.3 Å². The van der Waals surface area contributed by atoms with Crippen LogP contribution in [0.4, 0.5) is 0 Å². The first kappa shape index (κ1) is 14.4. The van der Waals surface area contributed by atoms with Crippen LogP contribution >= 0.6 is 0 Å². The summed E-state index contributed by atoms with van der Waals surface area (Å²) < 4.78 is 0. The van der Waals surface area contributed by atoms with Gasteiger partial charge in [0.25, 0.3) is 0 Å². The van der Waals surface area contributed by atoms with Gasteiger partial charge in [-0.1, -0.05) is 19.8 Å². The lowest BCUT2D eigenvalue weighted by Crippen LogP contribution is -2.49. The van der Waals surface area contributed by atoms with E-state index in [2.05, 4.69) is 13.8 Å². The maximum absolute atomic E-state index is 12.6. The lowest BCUT2D eigenvalue weighted by atomic mass is 9.77. The minimum Gasteiger partial charge on any atom is -0.481 e. The summed E-state index contributed by atoms with van der Waals surface area (Å²) in [6, 6.07) is 0.257. The lowest BCUT2D eigenvalue weighted by Gasteiger charge is -2.40. The number of amides is 1. The molecule has 0 aromatic heterocycles. The number of piperidine rings is 1. The Balaban J connectivity index is 2.06. The largest absolute Gasteiger partial charge is 0.481 e. The Morgan fingerprint density at radius 2 is 1.68 bits per heavy atom. The summed E-state index contributed by atoms with van der Waals surface area (Å²) in [6.45, 7) is 5.11. The maximum atomic E-state index is 12.6. The van der Waals surface area contributed by atoms with Crippen molar-refractivity contribution in [3.05, 3.63) is 0 Å². The Hall–Kier alpha value is -1.06. The van der Waals surface area contributed by atoms with Crippen molar-refractivity contribution in [2.75, 3.05) is 6.54 Å². The van der Waals surface area contributed by atoms with Crippen LogP contribution in [0, 0.1) is 17.8 Å². The van der Waals surface area contributed by atoms with Gasteiger partial charge in [-0.05, 0) is 38.5 Å². The standard InChI is InChI=1S/C15H25NO3/c1-10-7-8-16(11(2)9-10)14(17)12-5-3-4-6-13(12)15(18)19/h10-13H,3-9H2,1-2H3,(H,18,19). The molecule has 1 aliphatic heterocycles. The number of hydrogen-bond acceptors (Lipinski definition) is 2. The van der Waals surface area contributed by atoms with Crippen molar-refractivity contribution < 1.29 is 14.7 Å². The Kier molecular flexibility index (Phi) is 4.48. The molecule has 4 atom stereocenters. The van der Waals surface area contributed by atoms with Crippen molar-refractivity contribution in [2.45, 2.75) is 58.4 Å². The number of carboxylic acid groups (broad SMARTS) is 1. The quantitative estimate of drug-likeness (QED) is 0.836. The van der Waals surface area contributed by atoms with Crippen LogP contribution in [0.3, 0.4) is 0 Å². The molecular formula is C15H25NO3. The zero-order valence-corrected chi connectivity index (χ0v) is 12.0. The predicted octanol–water partition coefficient (Wildman–Crippen LogP) is 2.52. The third-order valence-electron chi connectivity index (χ3n) is 4.82. The molecule has 19 heavy (non-hydrogen) atoms. The first-order chi connectivity index (χ1) is 9.00. The van der Waals surface area contributed by atoms with Crippen LogP contribution in [0.25, 0.3) is 0 Å². The minimum absolute atomic E-state index is 0.0894. The zero-order chi connectivity index (χ0) is 14.0. The predicted molar refractivity (Wildman–Crippen MR) is 72.7 cm³/mol. The molecule has 1 saturated heterocycles. The molecular weight excluding hydrogens is 242 g/mol. The Morgan fingerprint density at radius 1 is 1.05 bits per heavy atom. The van der Waals surface area contributed by atoms with Gasteiger partial charge < -0.3 is 10.0 Å². The third kappa shape index (κ3) is 3.10. The molecule has 4 nitrogen and oxygen atoms in total. The van der Waals surface area contributed by atoms with Crippen molar-refractivity contribution >= 4 is 11.9 Å². The maximum Gasteiger partial charge on any atom is 0.307 e. The molecule has 4 unspecified atom stereocenters. The van der Waals surface area contributed by atoms with Gasteiger partial charge >= 0.3 is 5.97 Å². The molecule has 0 spiro atoms. The van der Waals surface area contributed by atoms with Crippen LogP contribution in [0.1, 0.15) is 52.4 Å². The van der Waals surface area contributed by atoms with Gasteiger partial charge in [0.15, 0.2) is 0 Å². The number of carbonyl (C=O) groups is 2. The molecule has 0 aromatic rings. The molecule has 1 N–H and O–H groups in total. The van der Waals surface area contributed by atoms with Gasteiger partial charge in [0.1, 0.15) is 0 Å². The SMILES string of the molecule is CC1CCN(C(=O)C2CCCCC2C(=O)O)C(C)C1. The van der Waals surface area contributed by atoms with Gasteiger partial charge in [-0.25, -0.2) is 0 Å². The van der Waals surface area contributed by atoms with E-state index in [1.807, 2.05) is 4.90 Å². The monoisotopic (exact) mass is 267 g/mol. The molecule has 4 heteroatoms. The molecule has 1 amide bonds. The summed E-state index contributed by atoms with van der Waals surface area (Å²) in [4.78, 5) is 25.9. The van der Waals surface area contributed by atoms with E-state index in [1.54, 1.807) is 0 Å². The Morgan fingerprint density at radius 3 is 2.26 bits per heavy atom. The number of rotatable bonds is 2. The second-order valence-corrected chi connectivity index (χ2v) is 6.35. The fourth-order valence-electron chi connectivity index (χ4n) is 3.67. The lowest BCUT2D eigenvalue weighted by molar-refractivity contribution is -0.154. The van der Waals surface area contributed by atoms with Gasteiger partial charge in [0, 0.05) is 12.6 Å². The molecule has 108 valence electrons. The molecule has 2 rings (SSSR count). The van der Waals surface area contributed by atoms with Gasteiger partial charge in [-0.15, -0.1) is 0 Å². The number of carbonyl (C=O) groups excluding carboxylic acids is 1. The molecule has 2 fully saturated rings. The van der Waals surface area contributed by atoms with E-state index >= 15 is 0 Å². The summed E-state index contributed by atoms with van der Waals surface area (Å²) in [5, 5.41) is 9.29. The van der Waals surface area contributed by atoms with Crippen LogP contribution < -0.4 is 0 Å². The zero-order valence-electron chi connectivity index (χ0n) is 12.0. The summed E-state index contributed by atoms with van der Waals surface area (Å²) >= 11 is 0. The Labute approximate surface area is 115 Å². The van der Waals surface area contributed by atoms with Crippen LogP contribution in [0.15, 0.2) is 0 Å². The topological polar surface area (TPSA) is 57.6 Å². The highest BCUT2D eigenvalue weighted by molar-refractivity contribution is 5.85. The molecule has 1 saturated carbocycles. The van der Waals surface area contributed by atoms with E-state index in [4.69, 9.17) is 0 Å². The number of nitrogens with zero attached hydrogens (tertiary/aromatic N) is 1. The van der Waals surface area contributed by atoms with Gasteiger partial charge in [-0.3, -0.25) is 9.59 Å². The third-order valence-corrected chi connectivity index (χ3v) is 4.82. The molecule has 0 radical (unpaired) electrons. The van der Waals surface area contributed by atoms with E-state index in [0.717, 1.165) is 38.6 Å². The highest BCUT2D eigenvalue weighted by Crippen LogP contribution is 2.34. The second-order valence-electron chi connectivity index (χ2n) is 6.35. The molecule has 0 bridgehead atoms. The number of carboxylic acids is 1. The fraction of sp³-hybridized carbons (Fsp3) is 0.867. The molecule has 1 heterocycles. The summed E-state index contributed by atoms with van der Waals surface area (Å²) in [6.07, 6.45) is 5.40. The number of likely N-dealkylation sites (tertiary alicyclic amines) is 1. The molecule has 2 aliphatic rings. The minimum atomic E-state index is -0.795. The number of hydrogen-bond donors (Lipinski definition) is 1.